The van der Waals surface area contributed by atoms with Gasteiger partial charge in [0.1, 0.15) is 12.4 Å². The first-order valence-electron chi connectivity index (χ1n) is 11.3. The Labute approximate surface area is 202 Å². The van der Waals surface area contributed by atoms with E-state index in [9.17, 15) is 14.7 Å². The number of benzene rings is 2. The summed E-state index contributed by atoms with van der Waals surface area (Å²) in [5, 5.41) is 15.6. The van der Waals surface area contributed by atoms with Crippen molar-refractivity contribution < 1.29 is 19.4 Å². The summed E-state index contributed by atoms with van der Waals surface area (Å²) in [6.45, 7) is 1.99. The molecule has 1 aliphatic carbocycles. The number of dihydropyridines is 1. The van der Waals surface area contributed by atoms with E-state index in [1.807, 2.05) is 54.8 Å². The van der Waals surface area contributed by atoms with Crippen LogP contribution in [0.1, 0.15) is 47.6 Å². The summed E-state index contributed by atoms with van der Waals surface area (Å²) >= 11 is 1.66. The summed E-state index contributed by atoms with van der Waals surface area (Å²) in [7, 11) is 0. The normalized spacial score (nSPS) is 20.1. The van der Waals surface area contributed by atoms with E-state index in [1.165, 1.54) is 4.88 Å². The number of carbonyl (C=O) groups excluding carboxylic acids is 2. The fourth-order valence-electron chi connectivity index (χ4n) is 4.87. The van der Waals surface area contributed by atoms with Gasteiger partial charge in [-0.1, -0.05) is 48.5 Å². The number of aromatic hydroxyl groups is 1. The zero-order valence-electron chi connectivity index (χ0n) is 18.8. The third kappa shape index (κ3) is 4.29. The third-order valence-electron chi connectivity index (χ3n) is 6.41. The summed E-state index contributed by atoms with van der Waals surface area (Å²) in [5.74, 6) is -0.845. The number of thiophene rings is 1. The predicted molar refractivity (Wildman–Crippen MR) is 131 cm³/mol. The molecule has 1 aliphatic heterocycles. The van der Waals surface area contributed by atoms with E-state index in [2.05, 4.69) is 11.4 Å². The summed E-state index contributed by atoms with van der Waals surface area (Å²) in [6, 6.07) is 20.4. The first kappa shape index (κ1) is 22.2. The Hall–Kier alpha value is -3.64. The predicted octanol–water partition coefficient (Wildman–Crippen LogP) is 5.56. The van der Waals surface area contributed by atoms with Crippen LogP contribution in [0.3, 0.4) is 0 Å². The number of Topliss-reactive ketones (excluding diaryl/α,β-unsaturated/α-hetero) is 1. The van der Waals surface area contributed by atoms with Gasteiger partial charge in [0.2, 0.25) is 0 Å². The summed E-state index contributed by atoms with van der Waals surface area (Å²) < 4.78 is 5.68. The Bertz CT molecular complexity index is 1290. The van der Waals surface area contributed by atoms with E-state index in [4.69, 9.17) is 4.74 Å². The third-order valence-corrected chi connectivity index (χ3v) is 7.44. The molecule has 2 N–H and O–H groups in total. The largest absolute Gasteiger partial charge is 0.508 e. The van der Waals surface area contributed by atoms with Gasteiger partial charge in [-0.05, 0) is 48.1 Å². The van der Waals surface area contributed by atoms with Crippen LogP contribution in [-0.4, -0.2) is 16.9 Å². The van der Waals surface area contributed by atoms with Crippen molar-refractivity contribution in [2.24, 2.45) is 0 Å². The molecule has 2 heterocycles. The minimum atomic E-state index is -0.594. The average molecular weight is 472 g/mol. The standard InChI is InChI=1S/C28H25NO4S/c1-17-25(28(32)33-16-18-7-3-2-4-8-18)26(19-9-5-10-21(30)13-19)27-22(29-17)14-20(15-23(27)31)24-11-6-12-34-24/h2-13,20,26,29-30H,14-16H2,1H3/t20-,26+/m0/s1. The Morgan fingerprint density at radius 2 is 1.91 bits per heavy atom. The Morgan fingerprint density at radius 1 is 1.09 bits per heavy atom. The first-order chi connectivity index (χ1) is 16.5. The van der Waals surface area contributed by atoms with Crippen molar-refractivity contribution in [1.82, 2.24) is 5.32 Å². The SMILES string of the molecule is CC1=C(C(=O)OCc2ccccc2)[C@@H](c2cccc(O)c2)C2=C(C[C@H](c3cccs3)CC2=O)N1. The molecular weight excluding hydrogens is 446 g/mol. The maximum atomic E-state index is 13.5. The van der Waals surface area contributed by atoms with Crippen LogP contribution in [0.15, 0.2) is 94.7 Å². The Morgan fingerprint density at radius 3 is 2.65 bits per heavy atom. The molecule has 5 nitrogen and oxygen atoms in total. The van der Waals surface area contributed by atoms with Crippen LogP contribution in [-0.2, 0) is 20.9 Å². The van der Waals surface area contributed by atoms with E-state index in [0.717, 1.165) is 11.3 Å². The second kappa shape index (κ2) is 9.31. The maximum Gasteiger partial charge on any atom is 0.337 e. The summed E-state index contributed by atoms with van der Waals surface area (Å²) in [4.78, 5) is 28.1. The number of ether oxygens (including phenoxy) is 1. The second-order valence-electron chi connectivity index (χ2n) is 8.69. The number of phenols is 1. The van der Waals surface area contributed by atoms with Crippen LogP contribution >= 0.6 is 11.3 Å². The lowest BCUT2D eigenvalue weighted by Gasteiger charge is -2.36. The monoisotopic (exact) mass is 471 g/mol. The Kier molecular flexibility index (Phi) is 6.07. The van der Waals surface area contributed by atoms with Crippen LogP contribution in [0, 0.1) is 0 Å². The minimum absolute atomic E-state index is 0.0151. The van der Waals surface area contributed by atoms with Crippen molar-refractivity contribution in [1.29, 1.82) is 0 Å². The second-order valence-corrected chi connectivity index (χ2v) is 9.67. The zero-order valence-corrected chi connectivity index (χ0v) is 19.6. The molecule has 2 atom stereocenters. The molecule has 0 saturated heterocycles. The van der Waals surface area contributed by atoms with Crippen molar-refractivity contribution in [2.45, 2.75) is 38.2 Å². The van der Waals surface area contributed by atoms with Gasteiger partial charge in [0.15, 0.2) is 5.78 Å². The average Bonchev–Trinajstić information content (AvgIpc) is 3.37. The lowest BCUT2D eigenvalue weighted by atomic mass is 9.72. The number of carbonyl (C=O) groups is 2. The van der Waals surface area contributed by atoms with Gasteiger partial charge in [-0.2, -0.15) is 0 Å². The number of ketones is 1. The number of phenolic OH excluding ortho intramolecular Hbond substituents is 1. The molecule has 0 saturated carbocycles. The molecule has 0 bridgehead atoms. The van der Waals surface area contributed by atoms with Gasteiger partial charge < -0.3 is 15.2 Å². The van der Waals surface area contributed by atoms with E-state index in [-0.39, 0.29) is 24.1 Å². The van der Waals surface area contributed by atoms with Crippen LogP contribution in [0.5, 0.6) is 5.75 Å². The highest BCUT2D eigenvalue weighted by Crippen LogP contribution is 2.46. The number of hydrogen-bond acceptors (Lipinski definition) is 6. The van der Waals surface area contributed by atoms with Crippen molar-refractivity contribution >= 4 is 23.1 Å². The topological polar surface area (TPSA) is 75.6 Å². The smallest absolute Gasteiger partial charge is 0.337 e. The summed E-state index contributed by atoms with van der Waals surface area (Å²) in [5.41, 5.74) is 4.10. The number of allylic oxidation sites excluding steroid dienone is 3. The van der Waals surface area contributed by atoms with Crippen LogP contribution in [0.4, 0.5) is 0 Å². The molecular formula is C28H25NO4S. The molecule has 34 heavy (non-hydrogen) atoms. The van der Waals surface area contributed by atoms with Gasteiger partial charge in [0, 0.05) is 40.1 Å². The molecule has 2 aliphatic rings. The minimum Gasteiger partial charge on any atom is -0.508 e. The van der Waals surface area contributed by atoms with E-state index in [0.29, 0.717) is 35.2 Å². The van der Waals surface area contributed by atoms with Crippen molar-refractivity contribution in [3.63, 3.8) is 0 Å². The van der Waals surface area contributed by atoms with Gasteiger partial charge in [0.25, 0.3) is 0 Å². The fourth-order valence-corrected chi connectivity index (χ4v) is 5.70. The molecule has 3 aromatic rings. The highest BCUT2D eigenvalue weighted by Gasteiger charge is 2.41. The van der Waals surface area contributed by atoms with Crippen LogP contribution in [0.25, 0.3) is 0 Å². The Balaban J connectivity index is 1.52. The van der Waals surface area contributed by atoms with Gasteiger partial charge in [-0.15, -0.1) is 11.3 Å². The molecule has 0 radical (unpaired) electrons. The number of hydrogen-bond donors (Lipinski definition) is 2. The van der Waals surface area contributed by atoms with E-state index >= 15 is 0 Å². The molecule has 6 heteroatoms. The van der Waals surface area contributed by atoms with Crippen LogP contribution in [0.2, 0.25) is 0 Å². The molecule has 0 spiro atoms. The van der Waals surface area contributed by atoms with Gasteiger partial charge >= 0.3 is 5.97 Å². The zero-order chi connectivity index (χ0) is 23.7. The lowest BCUT2D eigenvalue weighted by molar-refractivity contribution is -0.140. The van der Waals surface area contributed by atoms with Crippen molar-refractivity contribution in [3.05, 3.63) is 111 Å². The highest BCUT2D eigenvalue weighted by molar-refractivity contribution is 7.10. The molecule has 0 fully saturated rings. The molecule has 1 aromatic heterocycles. The van der Waals surface area contributed by atoms with Crippen molar-refractivity contribution in [3.8, 4) is 5.75 Å². The van der Waals surface area contributed by atoms with Crippen LogP contribution < -0.4 is 5.32 Å². The van der Waals surface area contributed by atoms with Crippen molar-refractivity contribution in [2.75, 3.05) is 0 Å². The van der Waals surface area contributed by atoms with Gasteiger partial charge in [-0.3, -0.25) is 4.79 Å². The van der Waals surface area contributed by atoms with E-state index < -0.39 is 11.9 Å². The quantitative estimate of drug-likeness (QED) is 0.477. The molecule has 5 rings (SSSR count). The first-order valence-corrected chi connectivity index (χ1v) is 12.2. The molecule has 172 valence electrons. The molecule has 0 amide bonds. The number of nitrogens with one attached hydrogen (secondary N) is 1. The lowest BCUT2D eigenvalue weighted by Crippen LogP contribution is -2.36. The van der Waals surface area contributed by atoms with Gasteiger partial charge in [0.05, 0.1) is 5.57 Å². The summed E-state index contributed by atoms with van der Waals surface area (Å²) in [6.07, 6.45) is 1.09. The fraction of sp³-hybridized carbons (Fsp3) is 0.214. The highest BCUT2D eigenvalue weighted by atomic mass is 32.1. The molecule has 0 unspecified atom stereocenters. The molecule has 2 aromatic carbocycles. The number of esters is 1. The number of rotatable bonds is 5. The maximum absolute atomic E-state index is 13.5. The van der Waals surface area contributed by atoms with E-state index in [1.54, 1.807) is 29.5 Å². The van der Waals surface area contributed by atoms with Gasteiger partial charge in [-0.25, -0.2) is 4.79 Å².